The highest BCUT2D eigenvalue weighted by Crippen LogP contribution is 2.20. The van der Waals surface area contributed by atoms with Crippen LogP contribution in [-0.2, 0) is 0 Å². The lowest BCUT2D eigenvalue weighted by Gasteiger charge is -2.35. The molecule has 0 aliphatic carbocycles. The SMILES string of the molecule is CNC(=O)c1ccc(N2CCC(C)C(N)C2)nn1. The van der Waals surface area contributed by atoms with Crippen molar-refractivity contribution in [1.82, 2.24) is 15.5 Å². The van der Waals surface area contributed by atoms with E-state index >= 15 is 0 Å². The van der Waals surface area contributed by atoms with Gasteiger partial charge in [-0.25, -0.2) is 0 Å². The minimum atomic E-state index is -0.224. The highest BCUT2D eigenvalue weighted by molar-refractivity contribution is 5.91. The zero-order chi connectivity index (χ0) is 13.1. The number of carbonyl (C=O) groups is 1. The maximum atomic E-state index is 11.3. The van der Waals surface area contributed by atoms with Crippen LogP contribution in [0.15, 0.2) is 12.1 Å². The molecule has 0 radical (unpaired) electrons. The zero-order valence-corrected chi connectivity index (χ0v) is 10.8. The number of carbonyl (C=O) groups excluding carboxylic acids is 1. The summed E-state index contributed by atoms with van der Waals surface area (Å²) >= 11 is 0. The number of hydrogen-bond acceptors (Lipinski definition) is 5. The number of anilines is 1. The van der Waals surface area contributed by atoms with Gasteiger partial charge in [0, 0.05) is 26.2 Å². The van der Waals surface area contributed by atoms with Gasteiger partial charge < -0.3 is 16.0 Å². The Hall–Kier alpha value is -1.69. The second kappa shape index (κ2) is 5.30. The van der Waals surface area contributed by atoms with E-state index in [4.69, 9.17) is 5.73 Å². The van der Waals surface area contributed by atoms with Crippen LogP contribution in [0.1, 0.15) is 23.8 Å². The summed E-state index contributed by atoms with van der Waals surface area (Å²) in [4.78, 5) is 13.5. The van der Waals surface area contributed by atoms with Gasteiger partial charge >= 0.3 is 0 Å². The standard InChI is InChI=1S/C12H19N5O/c1-8-5-6-17(7-9(8)13)11-4-3-10(15-16-11)12(18)14-2/h3-4,8-9H,5-7,13H2,1-2H3,(H,14,18). The molecule has 6 heteroatoms. The Bertz CT molecular complexity index is 419. The molecular weight excluding hydrogens is 230 g/mol. The van der Waals surface area contributed by atoms with Crippen LogP contribution in [0.5, 0.6) is 0 Å². The van der Waals surface area contributed by atoms with Crippen molar-refractivity contribution in [2.75, 3.05) is 25.0 Å². The summed E-state index contributed by atoms with van der Waals surface area (Å²) in [6, 6.07) is 3.67. The summed E-state index contributed by atoms with van der Waals surface area (Å²) in [5.74, 6) is 1.10. The zero-order valence-electron chi connectivity index (χ0n) is 10.8. The van der Waals surface area contributed by atoms with E-state index in [1.807, 2.05) is 6.07 Å². The van der Waals surface area contributed by atoms with Crippen molar-refractivity contribution >= 4 is 11.7 Å². The lowest BCUT2D eigenvalue weighted by atomic mass is 9.94. The van der Waals surface area contributed by atoms with Gasteiger partial charge in [-0.3, -0.25) is 4.79 Å². The van der Waals surface area contributed by atoms with Crippen molar-refractivity contribution in [2.24, 2.45) is 11.7 Å². The average molecular weight is 249 g/mol. The van der Waals surface area contributed by atoms with E-state index in [-0.39, 0.29) is 11.9 Å². The molecule has 98 valence electrons. The van der Waals surface area contributed by atoms with Crippen LogP contribution in [0.4, 0.5) is 5.82 Å². The number of rotatable bonds is 2. The third kappa shape index (κ3) is 2.59. The molecule has 1 aromatic heterocycles. The molecule has 1 fully saturated rings. The van der Waals surface area contributed by atoms with Crippen LogP contribution in [-0.4, -0.2) is 42.3 Å². The van der Waals surface area contributed by atoms with E-state index in [1.165, 1.54) is 0 Å². The quantitative estimate of drug-likeness (QED) is 0.771. The van der Waals surface area contributed by atoms with Gasteiger partial charge in [0.1, 0.15) is 0 Å². The van der Waals surface area contributed by atoms with Gasteiger partial charge in [0.15, 0.2) is 11.5 Å². The van der Waals surface area contributed by atoms with E-state index in [1.54, 1.807) is 13.1 Å². The van der Waals surface area contributed by atoms with Gasteiger partial charge in [-0.2, -0.15) is 0 Å². The molecule has 18 heavy (non-hydrogen) atoms. The van der Waals surface area contributed by atoms with Crippen molar-refractivity contribution in [3.05, 3.63) is 17.8 Å². The largest absolute Gasteiger partial charge is 0.354 e. The summed E-state index contributed by atoms with van der Waals surface area (Å²) in [5, 5.41) is 10.5. The fourth-order valence-corrected chi connectivity index (χ4v) is 2.05. The normalized spacial score (nSPS) is 23.8. The fourth-order valence-electron chi connectivity index (χ4n) is 2.05. The monoisotopic (exact) mass is 249 g/mol. The predicted molar refractivity (Wildman–Crippen MR) is 69.4 cm³/mol. The summed E-state index contributed by atoms with van der Waals surface area (Å²) < 4.78 is 0. The van der Waals surface area contributed by atoms with Crippen molar-refractivity contribution in [1.29, 1.82) is 0 Å². The van der Waals surface area contributed by atoms with Crippen LogP contribution in [0.3, 0.4) is 0 Å². The lowest BCUT2D eigenvalue weighted by Crippen LogP contribution is -2.48. The van der Waals surface area contributed by atoms with E-state index in [0.29, 0.717) is 11.6 Å². The smallest absolute Gasteiger partial charge is 0.271 e. The molecular formula is C12H19N5O. The number of amides is 1. The molecule has 6 nitrogen and oxygen atoms in total. The molecule has 0 aromatic carbocycles. The third-order valence-corrected chi connectivity index (χ3v) is 3.45. The van der Waals surface area contributed by atoms with Crippen LogP contribution >= 0.6 is 0 Å². The molecule has 1 aliphatic heterocycles. The highest BCUT2D eigenvalue weighted by atomic mass is 16.1. The van der Waals surface area contributed by atoms with Crippen molar-refractivity contribution < 1.29 is 4.79 Å². The molecule has 1 aliphatic rings. The Morgan fingerprint density at radius 1 is 1.50 bits per heavy atom. The molecule has 3 N–H and O–H groups in total. The molecule has 2 unspecified atom stereocenters. The molecule has 0 saturated carbocycles. The Kier molecular flexibility index (Phi) is 3.76. The Balaban J connectivity index is 2.08. The van der Waals surface area contributed by atoms with Crippen molar-refractivity contribution in [2.45, 2.75) is 19.4 Å². The van der Waals surface area contributed by atoms with Crippen LogP contribution < -0.4 is 16.0 Å². The second-order valence-electron chi connectivity index (χ2n) is 4.73. The fraction of sp³-hybridized carbons (Fsp3) is 0.583. The minimum Gasteiger partial charge on any atom is -0.354 e. The summed E-state index contributed by atoms with van der Waals surface area (Å²) in [6.07, 6.45) is 1.06. The predicted octanol–water partition coefficient (Wildman–Crippen LogP) is 0.00970. The Morgan fingerprint density at radius 2 is 2.28 bits per heavy atom. The molecule has 2 rings (SSSR count). The first-order valence-corrected chi connectivity index (χ1v) is 6.18. The summed E-state index contributed by atoms with van der Waals surface area (Å²) in [7, 11) is 1.57. The Labute approximate surface area is 107 Å². The van der Waals surface area contributed by atoms with E-state index < -0.39 is 0 Å². The van der Waals surface area contributed by atoms with Gasteiger partial charge in [-0.1, -0.05) is 6.92 Å². The number of piperidine rings is 1. The molecule has 0 bridgehead atoms. The van der Waals surface area contributed by atoms with Crippen molar-refractivity contribution in [3.63, 3.8) is 0 Å². The highest BCUT2D eigenvalue weighted by Gasteiger charge is 2.24. The van der Waals surface area contributed by atoms with Crippen LogP contribution in [0.2, 0.25) is 0 Å². The van der Waals surface area contributed by atoms with Gasteiger partial charge in [0.25, 0.3) is 5.91 Å². The minimum absolute atomic E-state index is 0.166. The average Bonchev–Trinajstić information content (AvgIpc) is 2.41. The van der Waals surface area contributed by atoms with E-state index in [9.17, 15) is 4.79 Å². The van der Waals surface area contributed by atoms with Crippen LogP contribution in [0, 0.1) is 5.92 Å². The van der Waals surface area contributed by atoms with E-state index in [0.717, 1.165) is 25.3 Å². The van der Waals surface area contributed by atoms with E-state index in [2.05, 4.69) is 27.3 Å². The first-order chi connectivity index (χ1) is 8.61. The van der Waals surface area contributed by atoms with Gasteiger partial charge in [0.05, 0.1) is 0 Å². The molecule has 2 heterocycles. The van der Waals surface area contributed by atoms with Gasteiger partial charge in [-0.15, -0.1) is 10.2 Å². The molecule has 0 spiro atoms. The number of nitrogens with one attached hydrogen (secondary N) is 1. The maximum Gasteiger partial charge on any atom is 0.271 e. The molecule has 1 saturated heterocycles. The number of nitrogens with two attached hydrogens (primary N) is 1. The number of hydrogen-bond donors (Lipinski definition) is 2. The summed E-state index contributed by atoms with van der Waals surface area (Å²) in [5.41, 5.74) is 6.38. The number of nitrogens with zero attached hydrogens (tertiary/aromatic N) is 3. The second-order valence-corrected chi connectivity index (χ2v) is 4.73. The molecule has 1 amide bonds. The third-order valence-electron chi connectivity index (χ3n) is 3.45. The topological polar surface area (TPSA) is 84.1 Å². The van der Waals surface area contributed by atoms with Crippen molar-refractivity contribution in [3.8, 4) is 0 Å². The number of aromatic nitrogens is 2. The first-order valence-electron chi connectivity index (χ1n) is 6.18. The molecule has 1 aromatic rings. The maximum absolute atomic E-state index is 11.3. The van der Waals surface area contributed by atoms with Gasteiger partial charge in [-0.05, 0) is 24.5 Å². The van der Waals surface area contributed by atoms with Gasteiger partial charge in [0.2, 0.25) is 0 Å². The Morgan fingerprint density at radius 3 is 2.83 bits per heavy atom. The lowest BCUT2D eigenvalue weighted by molar-refractivity contribution is 0.0957. The van der Waals surface area contributed by atoms with Crippen LogP contribution in [0.25, 0.3) is 0 Å². The first kappa shape index (κ1) is 12.8. The molecule has 2 atom stereocenters. The summed E-state index contributed by atoms with van der Waals surface area (Å²) in [6.45, 7) is 3.89.